The number of sulfonamides is 2. The summed E-state index contributed by atoms with van der Waals surface area (Å²) in [6, 6.07) is 21.0. The van der Waals surface area contributed by atoms with Gasteiger partial charge in [0.05, 0.1) is 16.4 Å². The fourth-order valence-electron chi connectivity index (χ4n) is 11.0. The summed E-state index contributed by atoms with van der Waals surface area (Å²) in [6.07, 6.45) is 2.12. The summed E-state index contributed by atoms with van der Waals surface area (Å²) in [4.78, 5) is 34.9. The van der Waals surface area contributed by atoms with E-state index in [4.69, 9.17) is 13.6 Å². The number of carbonyl (C=O) groups excluding carboxylic acids is 1. The predicted molar refractivity (Wildman–Crippen MR) is 252 cm³/mol. The van der Waals surface area contributed by atoms with Crippen molar-refractivity contribution < 1.29 is 52.8 Å². The second kappa shape index (κ2) is 19.1. The number of carbonyl (C=O) groups is 1. The maximum atomic E-state index is 15.6. The Morgan fingerprint density at radius 2 is 1.03 bits per heavy atom. The lowest BCUT2D eigenvalue weighted by Crippen LogP contribution is -2.55. The molecule has 4 heterocycles. The second-order valence-corrected chi connectivity index (χ2v) is 23.7. The van der Waals surface area contributed by atoms with Crippen molar-refractivity contribution in [1.29, 1.82) is 0 Å². The van der Waals surface area contributed by atoms with E-state index in [1.165, 1.54) is 15.7 Å². The predicted octanol–water partition coefficient (Wildman–Crippen LogP) is 7.53. The fraction of sp³-hybridized carbons (Fsp3) is 0.420. The molecule has 10 rings (SSSR count). The Balaban J connectivity index is 0.000000178. The lowest BCUT2D eigenvalue weighted by molar-refractivity contribution is -0.127. The van der Waals surface area contributed by atoms with Crippen LogP contribution in [0.25, 0.3) is 0 Å². The molecule has 2 N–H and O–H groups in total. The van der Waals surface area contributed by atoms with Crippen molar-refractivity contribution in [1.82, 2.24) is 29.0 Å². The van der Waals surface area contributed by atoms with Gasteiger partial charge in [-0.25, -0.2) is 54.2 Å². The zero-order valence-corrected chi connectivity index (χ0v) is 41.3. The number of methoxy groups -OCH3 is 1. The first-order valence-electron chi connectivity index (χ1n) is 23.4. The highest BCUT2D eigenvalue weighted by Gasteiger charge is 2.59. The minimum Gasteiger partial charge on any atom is -0.391 e. The van der Waals surface area contributed by atoms with Crippen LogP contribution >= 0.6 is 0 Å². The molecule has 0 radical (unpaired) electrons. The number of hydrogen-bond donors (Lipinski definition) is 2. The number of nitrogens with one attached hydrogen (secondary N) is 2. The number of ketones is 1. The van der Waals surface area contributed by atoms with Gasteiger partial charge in [-0.1, -0.05) is 60.7 Å². The minimum atomic E-state index is -3.84. The lowest BCUT2D eigenvalue weighted by Gasteiger charge is -2.52. The first-order chi connectivity index (χ1) is 34.1. The van der Waals surface area contributed by atoms with Gasteiger partial charge in [-0.05, 0) is 94.7 Å². The average Bonchev–Trinajstić information content (AvgIpc) is 3.97. The van der Waals surface area contributed by atoms with Crippen molar-refractivity contribution in [3.8, 4) is 0 Å². The third-order valence-electron chi connectivity index (χ3n) is 14.9. The van der Waals surface area contributed by atoms with Gasteiger partial charge >= 0.3 is 11.5 Å². The summed E-state index contributed by atoms with van der Waals surface area (Å²) in [6.45, 7) is 4.71. The molecule has 4 atom stereocenters. The van der Waals surface area contributed by atoms with Crippen molar-refractivity contribution in [2.24, 2.45) is 0 Å². The molecule has 2 aliphatic heterocycles. The quantitative estimate of drug-likeness (QED) is 0.120. The van der Waals surface area contributed by atoms with Gasteiger partial charge in [0, 0.05) is 67.4 Å². The molecule has 2 saturated carbocycles. The molecule has 6 aromatic rings. The molecule has 0 amide bonds. The van der Waals surface area contributed by atoms with Gasteiger partial charge in [-0.3, -0.25) is 4.79 Å². The number of halogens is 4. The molecule has 2 aliphatic carbocycles. The van der Waals surface area contributed by atoms with Crippen molar-refractivity contribution in [3.05, 3.63) is 174 Å². The number of H-pyrrole nitrogens is 2. The largest absolute Gasteiger partial charge is 0.434 e. The van der Waals surface area contributed by atoms with Crippen LogP contribution in [0.2, 0.25) is 0 Å². The Morgan fingerprint density at radius 3 is 1.40 bits per heavy atom. The highest BCUT2D eigenvalue weighted by Crippen LogP contribution is 2.56. The molecule has 4 fully saturated rings. The topological polar surface area (TPSA) is 219 Å². The lowest BCUT2D eigenvalue weighted by atomic mass is 9.56. The maximum absolute atomic E-state index is 15.6. The van der Waals surface area contributed by atoms with Gasteiger partial charge in [-0.15, -0.1) is 10.2 Å². The van der Waals surface area contributed by atoms with Crippen LogP contribution in [0.4, 0.5) is 17.6 Å². The fourth-order valence-corrected chi connectivity index (χ4v) is 15.3. The molecule has 2 aromatic heterocycles. The third kappa shape index (κ3) is 9.09. The number of ether oxygens (including phenoxy) is 1. The molecular weight excluding hydrogens is 985 g/mol. The van der Waals surface area contributed by atoms with Crippen molar-refractivity contribution in [2.45, 2.75) is 124 Å². The van der Waals surface area contributed by atoms with Gasteiger partial charge in [0.25, 0.3) is 0 Å². The van der Waals surface area contributed by atoms with Crippen LogP contribution in [-0.2, 0) is 53.5 Å². The Morgan fingerprint density at radius 1 is 0.625 bits per heavy atom. The average molecular weight is 1040 g/mol. The minimum absolute atomic E-state index is 0.0183. The standard InChI is InChI=1S/C26H29F2N3O5S.C24H23F2N3O5S/c1-16-9-10-22(17-7-5-4-6-8-17)37(33,34)31(16)13-18-11-21(28)19(12-20(18)27)26(14-25(2,15-26)35-3)23-29-30-24(32)36-23;1-14-7-8-21(15-5-3-2-4-6-15)35(32,33)29(14)13-16-9-20(26)18(10-19(16)25)24(11-17(30)12-24)22-27-28-23(31)34-22/h4-8,11-12,16,22H,9-10,13-15H2,1-3H3,(H,30,32);2-6,9-10,14,21H,7-8,11-13H2,1H3,(H,28,31)/t16-,22+,25?,26?;14-,21+/m00/s1. The molecule has 72 heavy (non-hydrogen) atoms. The summed E-state index contributed by atoms with van der Waals surface area (Å²) in [7, 11) is -6.14. The van der Waals surface area contributed by atoms with E-state index < -0.39 is 87.8 Å². The Labute approximate surface area is 411 Å². The molecule has 0 bridgehead atoms. The molecular formula is C50H52F4N6O10S2. The number of nitrogens with zero attached hydrogens (tertiary/aromatic N) is 4. The van der Waals surface area contributed by atoms with Crippen molar-refractivity contribution >= 4 is 25.8 Å². The van der Waals surface area contributed by atoms with Crippen molar-refractivity contribution in [2.75, 3.05) is 7.11 Å². The number of hydrogen-bond acceptors (Lipinski definition) is 12. The SMILES string of the molecule is COC1(C)CC(c2n[nH]c(=O)o2)(c2cc(F)c(CN3[C@@H](C)CC[C@H](c4ccccc4)S3(=O)=O)cc2F)C1.C[C@H]1CC[C@H](c2ccccc2)S(=O)(=O)N1Cc1cc(F)c(C2(c3n[nH]c(=O)o3)CC(=O)C2)cc1F. The smallest absolute Gasteiger partial charge is 0.391 e. The van der Waals surface area contributed by atoms with Crippen LogP contribution in [0.5, 0.6) is 0 Å². The number of benzene rings is 4. The van der Waals surface area contributed by atoms with E-state index in [1.54, 1.807) is 68.4 Å². The Kier molecular flexibility index (Phi) is 13.5. The van der Waals surface area contributed by atoms with Gasteiger partial charge in [0.1, 0.15) is 39.6 Å². The molecule has 4 aliphatic rings. The second-order valence-electron chi connectivity index (χ2n) is 19.6. The first-order valence-corrected chi connectivity index (χ1v) is 26.4. The number of aromatic nitrogens is 4. The zero-order chi connectivity index (χ0) is 51.5. The summed E-state index contributed by atoms with van der Waals surface area (Å²) < 4.78 is 134. The van der Waals surface area contributed by atoms with Crippen LogP contribution < -0.4 is 11.5 Å². The molecule has 16 nitrogen and oxygen atoms in total. The molecule has 0 spiro atoms. The van der Waals surface area contributed by atoms with E-state index in [-0.39, 0.29) is 84.6 Å². The van der Waals surface area contributed by atoms with E-state index in [1.807, 2.05) is 13.0 Å². The van der Waals surface area contributed by atoms with E-state index >= 15 is 17.6 Å². The van der Waals surface area contributed by atoms with Crippen LogP contribution in [0.1, 0.15) is 128 Å². The van der Waals surface area contributed by atoms with Gasteiger partial charge in [0.15, 0.2) is 0 Å². The highest BCUT2D eigenvalue weighted by atomic mass is 32.2. The maximum Gasteiger partial charge on any atom is 0.434 e. The van der Waals surface area contributed by atoms with Crippen LogP contribution in [-0.4, -0.2) is 76.4 Å². The summed E-state index contributed by atoms with van der Waals surface area (Å²) in [5.74, 6) is -5.24. The Hall–Kier alpha value is -6.07. The van der Waals surface area contributed by atoms with Crippen LogP contribution in [0.15, 0.2) is 103 Å². The van der Waals surface area contributed by atoms with Gasteiger partial charge < -0.3 is 13.6 Å². The first kappa shape index (κ1) is 50.9. The summed E-state index contributed by atoms with van der Waals surface area (Å²) >= 11 is 0. The number of aromatic amines is 2. The van der Waals surface area contributed by atoms with Gasteiger partial charge in [0.2, 0.25) is 31.8 Å². The van der Waals surface area contributed by atoms with E-state index in [9.17, 15) is 31.2 Å². The molecule has 22 heteroatoms. The molecule has 2 saturated heterocycles. The van der Waals surface area contributed by atoms with Gasteiger partial charge in [-0.2, -0.15) is 8.61 Å². The van der Waals surface area contributed by atoms with E-state index in [0.717, 1.165) is 24.3 Å². The molecule has 4 aromatic carbocycles. The summed E-state index contributed by atoms with van der Waals surface area (Å²) in [5, 5.41) is 10.4. The number of rotatable bonds is 11. The third-order valence-corrected chi connectivity index (χ3v) is 19.6. The molecule has 382 valence electrons. The van der Waals surface area contributed by atoms with E-state index in [0.29, 0.717) is 36.8 Å². The van der Waals surface area contributed by atoms with E-state index in [2.05, 4.69) is 20.4 Å². The normalized spacial score (nSPS) is 26.8. The van der Waals surface area contributed by atoms with Crippen LogP contribution in [0.3, 0.4) is 0 Å². The van der Waals surface area contributed by atoms with Crippen molar-refractivity contribution in [3.63, 3.8) is 0 Å². The van der Waals surface area contributed by atoms with Crippen LogP contribution in [0, 0.1) is 23.3 Å². The summed E-state index contributed by atoms with van der Waals surface area (Å²) in [5.41, 5.74) is -2.27. The molecule has 0 unspecified atom stereocenters. The monoisotopic (exact) mass is 1040 g/mol. The zero-order valence-electron chi connectivity index (χ0n) is 39.7. The highest BCUT2D eigenvalue weighted by molar-refractivity contribution is 7.89. The Bertz CT molecular complexity index is 3350. The number of Topliss-reactive ketones (excluding diaryl/α,β-unsaturated/α-hetero) is 1.